The van der Waals surface area contributed by atoms with Gasteiger partial charge in [0.05, 0.1) is 5.56 Å². The third-order valence-electron chi connectivity index (χ3n) is 2.94. The molecule has 0 N–H and O–H groups in total. The van der Waals surface area contributed by atoms with Crippen molar-refractivity contribution in [2.24, 2.45) is 0 Å². The van der Waals surface area contributed by atoms with E-state index in [9.17, 15) is 4.79 Å². The predicted octanol–water partition coefficient (Wildman–Crippen LogP) is 4.07. The van der Waals surface area contributed by atoms with Crippen molar-refractivity contribution in [3.05, 3.63) is 54.1 Å². The van der Waals surface area contributed by atoms with Crippen LogP contribution in [-0.4, -0.2) is 25.3 Å². The van der Waals surface area contributed by atoms with Crippen LogP contribution in [0.2, 0.25) is 0 Å². The van der Waals surface area contributed by atoms with Gasteiger partial charge in [0.15, 0.2) is 5.78 Å². The molecule has 0 aliphatic heterocycles. The Kier molecular flexibility index (Phi) is 5.69. The highest BCUT2D eigenvalue weighted by atomic mass is 32.2. The maximum atomic E-state index is 11.5. The van der Waals surface area contributed by atoms with E-state index >= 15 is 0 Å². The van der Waals surface area contributed by atoms with E-state index in [1.54, 1.807) is 23.9 Å². The molecule has 2 aromatic carbocycles. The summed E-state index contributed by atoms with van der Waals surface area (Å²) in [4.78, 5) is 12.7. The summed E-state index contributed by atoms with van der Waals surface area (Å²) in [5.41, 5.74) is 0.599. The third-order valence-corrected chi connectivity index (χ3v) is 3.68. The highest BCUT2D eigenvalue weighted by Gasteiger charge is 2.06. The molecule has 0 aliphatic rings. The van der Waals surface area contributed by atoms with Gasteiger partial charge in [-0.2, -0.15) is 0 Å². The highest BCUT2D eigenvalue weighted by Crippen LogP contribution is 2.20. The van der Waals surface area contributed by atoms with Crippen molar-refractivity contribution < 1.29 is 14.3 Å². The normalized spacial score (nSPS) is 10.2. The molecule has 0 aromatic heterocycles. The summed E-state index contributed by atoms with van der Waals surface area (Å²) in [6.07, 6.45) is 2.04. The molecule has 2 aromatic rings. The Bertz CT molecular complexity index is 593. The van der Waals surface area contributed by atoms with Gasteiger partial charge in [-0.1, -0.05) is 12.1 Å². The van der Waals surface area contributed by atoms with Gasteiger partial charge >= 0.3 is 0 Å². The first-order valence-electron chi connectivity index (χ1n) is 6.70. The molecule has 0 bridgehead atoms. The second-order valence-corrected chi connectivity index (χ2v) is 5.30. The molecule has 0 saturated carbocycles. The number of thioether (sulfide) groups is 1. The zero-order valence-electron chi connectivity index (χ0n) is 12.2. The van der Waals surface area contributed by atoms with E-state index in [1.165, 1.54) is 11.8 Å². The topological polar surface area (TPSA) is 35.5 Å². The molecule has 0 fully saturated rings. The Balaban J connectivity index is 1.83. The van der Waals surface area contributed by atoms with Crippen molar-refractivity contribution in [3.63, 3.8) is 0 Å². The molecule has 110 valence electrons. The van der Waals surface area contributed by atoms with Gasteiger partial charge < -0.3 is 9.47 Å². The lowest BCUT2D eigenvalue weighted by molar-refractivity contribution is 0.101. The predicted molar refractivity (Wildman–Crippen MR) is 85.7 cm³/mol. The first-order chi connectivity index (χ1) is 10.2. The van der Waals surface area contributed by atoms with Crippen LogP contribution < -0.4 is 9.47 Å². The summed E-state index contributed by atoms with van der Waals surface area (Å²) in [6.45, 7) is 2.37. The lowest BCUT2D eigenvalue weighted by Gasteiger charge is -2.10. The molecule has 0 heterocycles. The molecule has 0 unspecified atom stereocenters. The van der Waals surface area contributed by atoms with Gasteiger partial charge in [0.2, 0.25) is 0 Å². The maximum absolute atomic E-state index is 11.5. The second-order valence-electron chi connectivity index (χ2n) is 4.42. The monoisotopic (exact) mass is 302 g/mol. The largest absolute Gasteiger partial charge is 0.490 e. The molecular weight excluding hydrogens is 284 g/mol. The van der Waals surface area contributed by atoms with Crippen LogP contribution in [0.3, 0.4) is 0 Å². The average molecular weight is 302 g/mol. The number of para-hydroxylation sites is 1. The van der Waals surface area contributed by atoms with Gasteiger partial charge in [0.25, 0.3) is 0 Å². The smallest absolute Gasteiger partial charge is 0.163 e. The summed E-state index contributed by atoms with van der Waals surface area (Å²) in [7, 11) is 0. The van der Waals surface area contributed by atoms with E-state index in [4.69, 9.17) is 9.47 Å². The van der Waals surface area contributed by atoms with Crippen LogP contribution in [0.5, 0.6) is 11.5 Å². The molecule has 0 amide bonds. The van der Waals surface area contributed by atoms with Crippen LogP contribution >= 0.6 is 11.8 Å². The Hall–Kier alpha value is -1.94. The third kappa shape index (κ3) is 4.53. The van der Waals surface area contributed by atoms with E-state index in [2.05, 4.69) is 0 Å². The number of Topliss-reactive ketones (excluding diaryl/α,β-unsaturated/α-hetero) is 1. The SMILES string of the molecule is CSc1ccc(OCCOc2ccccc2C(C)=O)cc1. The maximum Gasteiger partial charge on any atom is 0.163 e. The zero-order chi connectivity index (χ0) is 15.1. The summed E-state index contributed by atoms with van der Waals surface area (Å²) in [5.74, 6) is 1.42. The summed E-state index contributed by atoms with van der Waals surface area (Å²) < 4.78 is 11.2. The number of carbonyl (C=O) groups excluding carboxylic acids is 1. The molecule has 0 radical (unpaired) electrons. The minimum absolute atomic E-state index is 0.000766. The molecule has 0 saturated heterocycles. The summed E-state index contributed by atoms with van der Waals surface area (Å²) >= 11 is 1.70. The number of ketones is 1. The van der Waals surface area contributed by atoms with Crippen LogP contribution in [0, 0.1) is 0 Å². The second kappa shape index (κ2) is 7.74. The van der Waals surface area contributed by atoms with E-state index in [0.717, 1.165) is 5.75 Å². The van der Waals surface area contributed by atoms with Crippen LogP contribution in [0.4, 0.5) is 0 Å². The fraction of sp³-hybridized carbons (Fsp3) is 0.235. The van der Waals surface area contributed by atoms with Crippen molar-refractivity contribution in [2.45, 2.75) is 11.8 Å². The Morgan fingerprint density at radius 3 is 2.33 bits per heavy atom. The Morgan fingerprint density at radius 1 is 1.00 bits per heavy atom. The van der Waals surface area contributed by atoms with Crippen molar-refractivity contribution in [2.75, 3.05) is 19.5 Å². The van der Waals surface area contributed by atoms with Crippen molar-refractivity contribution >= 4 is 17.5 Å². The van der Waals surface area contributed by atoms with Crippen LogP contribution in [-0.2, 0) is 0 Å². The van der Waals surface area contributed by atoms with Gasteiger partial charge in [0.1, 0.15) is 24.7 Å². The molecule has 4 heteroatoms. The van der Waals surface area contributed by atoms with Crippen LogP contribution in [0.15, 0.2) is 53.4 Å². The average Bonchev–Trinajstić information content (AvgIpc) is 2.52. The van der Waals surface area contributed by atoms with E-state index < -0.39 is 0 Å². The van der Waals surface area contributed by atoms with Gasteiger partial charge in [-0.3, -0.25) is 4.79 Å². The Morgan fingerprint density at radius 2 is 1.67 bits per heavy atom. The number of hydrogen-bond donors (Lipinski definition) is 0. The molecule has 2 rings (SSSR count). The molecule has 3 nitrogen and oxygen atoms in total. The fourth-order valence-corrected chi connectivity index (χ4v) is 2.27. The lowest BCUT2D eigenvalue weighted by atomic mass is 10.1. The van der Waals surface area contributed by atoms with Gasteiger partial charge in [-0.05, 0) is 49.6 Å². The van der Waals surface area contributed by atoms with Crippen molar-refractivity contribution in [1.82, 2.24) is 0 Å². The van der Waals surface area contributed by atoms with Gasteiger partial charge in [-0.25, -0.2) is 0 Å². The van der Waals surface area contributed by atoms with Gasteiger partial charge in [-0.15, -0.1) is 11.8 Å². The number of carbonyl (C=O) groups is 1. The molecule has 0 aliphatic carbocycles. The molecule has 0 spiro atoms. The van der Waals surface area contributed by atoms with Crippen LogP contribution in [0.25, 0.3) is 0 Å². The number of ether oxygens (including phenoxy) is 2. The van der Waals surface area contributed by atoms with Crippen LogP contribution in [0.1, 0.15) is 17.3 Å². The van der Waals surface area contributed by atoms with E-state index in [1.807, 2.05) is 42.7 Å². The number of hydrogen-bond acceptors (Lipinski definition) is 4. The quantitative estimate of drug-likeness (QED) is 0.439. The lowest BCUT2D eigenvalue weighted by Crippen LogP contribution is -2.10. The van der Waals surface area contributed by atoms with Crippen molar-refractivity contribution in [3.8, 4) is 11.5 Å². The highest BCUT2D eigenvalue weighted by molar-refractivity contribution is 7.98. The number of benzene rings is 2. The molecule has 0 atom stereocenters. The number of rotatable bonds is 7. The van der Waals surface area contributed by atoms with E-state index in [0.29, 0.717) is 24.5 Å². The van der Waals surface area contributed by atoms with Crippen molar-refractivity contribution in [1.29, 1.82) is 0 Å². The Labute approximate surface area is 129 Å². The van der Waals surface area contributed by atoms with Gasteiger partial charge in [0, 0.05) is 4.90 Å². The first kappa shape index (κ1) is 15.4. The minimum Gasteiger partial charge on any atom is -0.490 e. The fourth-order valence-electron chi connectivity index (χ4n) is 1.87. The van der Waals surface area contributed by atoms with E-state index in [-0.39, 0.29) is 5.78 Å². The molecular formula is C17H18O3S. The standard InChI is InChI=1S/C17H18O3S/c1-13(18)16-5-3-4-6-17(16)20-12-11-19-14-7-9-15(21-2)10-8-14/h3-10H,11-12H2,1-2H3. The summed E-state index contributed by atoms with van der Waals surface area (Å²) in [6, 6.07) is 15.2. The molecule has 21 heavy (non-hydrogen) atoms. The zero-order valence-corrected chi connectivity index (χ0v) is 13.0. The minimum atomic E-state index is -0.000766. The summed E-state index contributed by atoms with van der Waals surface area (Å²) in [5, 5.41) is 0. The first-order valence-corrected chi connectivity index (χ1v) is 7.93.